The SMILES string of the molecule is Cc1c(Cl)cccc1NC(=O)C[NH2+][C@@H](C)c1ccco1. The highest BCUT2D eigenvalue weighted by atomic mass is 35.5. The Hall–Kier alpha value is -1.78. The minimum atomic E-state index is -0.0613. The summed E-state index contributed by atoms with van der Waals surface area (Å²) in [7, 11) is 0. The molecule has 4 nitrogen and oxygen atoms in total. The molecule has 1 heterocycles. The maximum atomic E-state index is 11.9. The Kier molecular flexibility index (Phi) is 4.82. The molecule has 5 heteroatoms. The maximum Gasteiger partial charge on any atom is 0.279 e. The smallest absolute Gasteiger partial charge is 0.279 e. The number of benzene rings is 1. The van der Waals surface area contributed by atoms with Crippen molar-refractivity contribution in [2.75, 3.05) is 11.9 Å². The number of anilines is 1. The normalized spacial score (nSPS) is 12.2. The van der Waals surface area contributed by atoms with Gasteiger partial charge in [0, 0.05) is 10.7 Å². The van der Waals surface area contributed by atoms with Crippen molar-refractivity contribution in [2.45, 2.75) is 19.9 Å². The quantitative estimate of drug-likeness (QED) is 0.890. The third-order valence-corrected chi connectivity index (χ3v) is 3.60. The Morgan fingerprint density at radius 1 is 1.40 bits per heavy atom. The lowest BCUT2D eigenvalue weighted by atomic mass is 10.2. The number of rotatable bonds is 5. The molecule has 1 aromatic carbocycles. The summed E-state index contributed by atoms with van der Waals surface area (Å²) in [6.07, 6.45) is 1.63. The number of nitrogens with one attached hydrogen (secondary N) is 1. The molecule has 0 bridgehead atoms. The Morgan fingerprint density at radius 2 is 2.20 bits per heavy atom. The number of hydrogen-bond acceptors (Lipinski definition) is 2. The average molecular weight is 294 g/mol. The molecule has 0 fully saturated rings. The van der Waals surface area contributed by atoms with Crippen molar-refractivity contribution in [3.63, 3.8) is 0 Å². The molecule has 0 aliphatic carbocycles. The minimum absolute atomic E-state index is 0.0613. The fourth-order valence-electron chi connectivity index (χ4n) is 1.89. The molecule has 0 radical (unpaired) electrons. The molecule has 0 unspecified atom stereocenters. The molecule has 1 atom stereocenters. The monoisotopic (exact) mass is 293 g/mol. The molecule has 0 aliphatic rings. The summed E-state index contributed by atoms with van der Waals surface area (Å²) in [5, 5.41) is 5.44. The van der Waals surface area contributed by atoms with Crippen LogP contribution < -0.4 is 10.6 Å². The molecular weight excluding hydrogens is 276 g/mol. The molecule has 2 rings (SSSR count). The highest BCUT2D eigenvalue weighted by Gasteiger charge is 2.14. The van der Waals surface area contributed by atoms with Gasteiger partial charge in [0.1, 0.15) is 6.04 Å². The van der Waals surface area contributed by atoms with Crippen LogP contribution in [0.25, 0.3) is 0 Å². The zero-order chi connectivity index (χ0) is 14.5. The third kappa shape index (κ3) is 3.62. The first kappa shape index (κ1) is 14.6. The number of carbonyl (C=O) groups excluding carboxylic acids is 1. The average Bonchev–Trinajstić information content (AvgIpc) is 2.95. The fraction of sp³-hybridized carbons (Fsp3) is 0.267. The zero-order valence-electron chi connectivity index (χ0n) is 11.5. The number of quaternary nitrogens is 1. The molecule has 3 N–H and O–H groups in total. The Bertz CT molecular complexity index is 582. The van der Waals surface area contributed by atoms with Crippen molar-refractivity contribution in [2.24, 2.45) is 0 Å². The van der Waals surface area contributed by atoms with Crippen LogP contribution in [0.3, 0.4) is 0 Å². The lowest BCUT2D eigenvalue weighted by Crippen LogP contribution is -2.86. The van der Waals surface area contributed by atoms with Crippen LogP contribution in [0.2, 0.25) is 5.02 Å². The van der Waals surface area contributed by atoms with Crippen LogP contribution in [0.1, 0.15) is 24.3 Å². The summed E-state index contributed by atoms with van der Waals surface area (Å²) < 4.78 is 5.30. The lowest BCUT2D eigenvalue weighted by Gasteiger charge is -2.10. The van der Waals surface area contributed by atoms with E-state index in [-0.39, 0.29) is 11.9 Å². The Morgan fingerprint density at radius 3 is 2.90 bits per heavy atom. The second-order valence-electron chi connectivity index (χ2n) is 4.70. The third-order valence-electron chi connectivity index (χ3n) is 3.19. The molecule has 0 saturated heterocycles. The van der Waals surface area contributed by atoms with E-state index in [4.69, 9.17) is 16.0 Å². The van der Waals surface area contributed by atoms with Crippen molar-refractivity contribution in [3.8, 4) is 0 Å². The first-order valence-electron chi connectivity index (χ1n) is 6.49. The van der Waals surface area contributed by atoms with E-state index in [0.29, 0.717) is 11.6 Å². The highest BCUT2D eigenvalue weighted by Crippen LogP contribution is 2.22. The van der Waals surface area contributed by atoms with Crippen molar-refractivity contribution in [3.05, 3.63) is 52.9 Å². The molecule has 106 valence electrons. The summed E-state index contributed by atoms with van der Waals surface area (Å²) in [6.45, 7) is 4.21. The van der Waals surface area contributed by atoms with Gasteiger partial charge in [-0.05, 0) is 43.7 Å². The van der Waals surface area contributed by atoms with Gasteiger partial charge in [0.2, 0.25) is 0 Å². The molecular formula is C15H18ClN2O2+. The first-order chi connectivity index (χ1) is 9.58. The van der Waals surface area contributed by atoms with Crippen molar-refractivity contribution in [1.29, 1.82) is 0 Å². The second kappa shape index (κ2) is 6.59. The Labute approximate surface area is 123 Å². The second-order valence-corrected chi connectivity index (χ2v) is 5.11. The van der Waals surface area contributed by atoms with E-state index in [9.17, 15) is 4.79 Å². The summed E-state index contributed by atoms with van der Waals surface area (Å²) in [5.74, 6) is 0.797. The van der Waals surface area contributed by atoms with Gasteiger partial charge in [0.05, 0.1) is 6.26 Å². The van der Waals surface area contributed by atoms with Gasteiger partial charge >= 0.3 is 0 Å². The van der Waals surface area contributed by atoms with Crippen LogP contribution in [0, 0.1) is 6.92 Å². The van der Waals surface area contributed by atoms with E-state index < -0.39 is 0 Å². The van der Waals surface area contributed by atoms with Crippen molar-refractivity contribution in [1.82, 2.24) is 0 Å². The summed E-state index contributed by atoms with van der Waals surface area (Å²) in [6, 6.07) is 9.32. The number of hydrogen-bond donors (Lipinski definition) is 2. The van der Waals surface area contributed by atoms with Crippen molar-refractivity contribution >= 4 is 23.2 Å². The fourth-order valence-corrected chi connectivity index (χ4v) is 2.07. The van der Waals surface area contributed by atoms with E-state index in [0.717, 1.165) is 17.0 Å². The predicted molar refractivity (Wildman–Crippen MR) is 78.7 cm³/mol. The molecule has 0 saturated carbocycles. The number of furan rings is 1. The summed E-state index contributed by atoms with van der Waals surface area (Å²) in [5.41, 5.74) is 1.63. The molecule has 0 spiro atoms. The first-order valence-corrected chi connectivity index (χ1v) is 6.87. The van der Waals surface area contributed by atoms with Crippen LogP contribution in [-0.4, -0.2) is 12.5 Å². The zero-order valence-corrected chi connectivity index (χ0v) is 12.3. The maximum absolute atomic E-state index is 11.9. The predicted octanol–water partition coefficient (Wildman–Crippen LogP) is 2.50. The highest BCUT2D eigenvalue weighted by molar-refractivity contribution is 6.31. The van der Waals surface area contributed by atoms with E-state index in [1.165, 1.54) is 0 Å². The molecule has 1 aromatic heterocycles. The van der Waals surface area contributed by atoms with Gasteiger partial charge in [-0.15, -0.1) is 0 Å². The van der Waals surface area contributed by atoms with Crippen molar-refractivity contribution < 1.29 is 14.5 Å². The van der Waals surface area contributed by atoms with Crippen LogP contribution in [0.4, 0.5) is 5.69 Å². The number of nitrogens with two attached hydrogens (primary N) is 1. The van der Waals surface area contributed by atoms with Gasteiger partial charge in [-0.1, -0.05) is 17.7 Å². The number of amides is 1. The van der Waals surface area contributed by atoms with E-state index >= 15 is 0 Å². The number of carbonyl (C=O) groups is 1. The standard InChI is InChI=1S/C15H17ClN2O2/c1-10-12(16)5-3-6-13(10)18-15(19)9-17-11(2)14-7-4-8-20-14/h3-8,11,17H,9H2,1-2H3,(H,18,19)/p+1/t11-/m0/s1. The molecule has 1 amide bonds. The number of halogens is 1. The molecule has 0 aliphatic heterocycles. The van der Waals surface area contributed by atoms with Gasteiger partial charge in [-0.3, -0.25) is 4.79 Å². The lowest BCUT2D eigenvalue weighted by molar-refractivity contribution is -0.684. The van der Waals surface area contributed by atoms with Gasteiger partial charge < -0.3 is 15.1 Å². The van der Waals surface area contributed by atoms with Gasteiger partial charge in [0.15, 0.2) is 12.3 Å². The van der Waals surface area contributed by atoms with Gasteiger partial charge in [0.25, 0.3) is 5.91 Å². The van der Waals surface area contributed by atoms with E-state index in [1.807, 2.05) is 43.4 Å². The minimum Gasteiger partial charge on any atom is -0.463 e. The largest absolute Gasteiger partial charge is 0.463 e. The van der Waals surface area contributed by atoms with Gasteiger partial charge in [-0.2, -0.15) is 0 Å². The van der Waals surface area contributed by atoms with E-state index in [1.54, 1.807) is 12.3 Å². The van der Waals surface area contributed by atoms with Crippen LogP contribution in [0.5, 0.6) is 0 Å². The van der Waals surface area contributed by atoms with Crippen LogP contribution in [-0.2, 0) is 4.79 Å². The van der Waals surface area contributed by atoms with E-state index in [2.05, 4.69) is 5.32 Å². The van der Waals surface area contributed by atoms with Crippen LogP contribution >= 0.6 is 11.6 Å². The summed E-state index contributed by atoms with van der Waals surface area (Å²) in [4.78, 5) is 11.9. The summed E-state index contributed by atoms with van der Waals surface area (Å²) >= 11 is 6.02. The topological polar surface area (TPSA) is 58.9 Å². The molecule has 20 heavy (non-hydrogen) atoms. The Balaban J connectivity index is 1.88. The van der Waals surface area contributed by atoms with Gasteiger partial charge in [-0.25, -0.2) is 0 Å². The van der Waals surface area contributed by atoms with Crippen LogP contribution in [0.15, 0.2) is 41.0 Å². The molecule has 2 aromatic rings.